The zero-order chi connectivity index (χ0) is 17.2. The minimum atomic E-state index is -0.230. The van der Waals surface area contributed by atoms with Crippen LogP contribution in [0, 0.1) is 6.92 Å². The summed E-state index contributed by atoms with van der Waals surface area (Å²) >= 11 is 0. The number of hydrogen-bond acceptors (Lipinski definition) is 2. The summed E-state index contributed by atoms with van der Waals surface area (Å²) in [4.78, 5) is 11.6. The summed E-state index contributed by atoms with van der Waals surface area (Å²) in [6.45, 7) is 6.04. The van der Waals surface area contributed by atoms with E-state index in [-0.39, 0.29) is 41.4 Å². The van der Waals surface area contributed by atoms with Crippen LogP contribution in [-0.2, 0) is 4.79 Å². The van der Waals surface area contributed by atoms with Gasteiger partial charge in [0.2, 0.25) is 0 Å². The topological polar surface area (TPSA) is 29.1 Å². The van der Waals surface area contributed by atoms with Crippen LogP contribution in [0.5, 0.6) is 0 Å². The number of carbonyl (C=O) groups is 1. The van der Waals surface area contributed by atoms with Gasteiger partial charge in [-0.25, -0.2) is 0 Å². The molecule has 0 fully saturated rings. The largest absolute Gasteiger partial charge is 1.00 e. The number of ketones is 1. The molecule has 0 aliphatic heterocycles. The Morgan fingerprint density at radius 2 is 1.33 bits per heavy atom. The van der Waals surface area contributed by atoms with Crippen molar-refractivity contribution in [2.75, 3.05) is 7.05 Å². The van der Waals surface area contributed by atoms with Crippen molar-refractivity contribution in [3.63, 3.8) is 0 Å². The van der Waals surface area contributed by atoms with Crippen LogP contribution in [-0.4, -0.2) is 18.9 Å². The van der Waals surface area contributed by atoms with E-state index in [9.17, 15) is 4.79 Å². The molecule has 0 heterocycles. The van der Waals surface area contributed by atoms with Crippen molar-refractivity contribution in [3.05, 3.63) is 19.1 Å². The Morgan fingerprint density at radius 1 is 0.875 bits per heavy atom. The van der Waals surface area contributed by atoms with Crippen LogP contribution in [0.4, 0.5) is 0 Å². The van der Waals surface area contributed by atoms with Crippen LogP contribution in [0.2, 0.25) is 0 Å². The molecular formula is C21H40NNaO. The number of allylic oxidation sites excluding steroid dienone is 2. The molecule has 0 aliphatic rings. The van der Waals surface area contributed by atoms with Crippen molar-refractivity contribution in [1.82, 2.24) is 5.32 Å². The molecule has 0 spiro atoms. The standard InChI is InChI=1S/C21H40NO.Na/c1-4-5-6-7-8-9-10-11-12-13-14-15-16-17-18-19-21(23)20(2)22-3;/h11-12,20,22H,2,4-10,13-19H2,1,3H3;/q-1;+1/b12-11-;. The number of carbonyl (C=O) groups excluding carboxylic acids is 1. The zero-order valence-electron chi connectivity index (χ0n) is 16.7. The van der Waals surface area contributed by atoms with Gasteiger partial charge in [0.15, 0.2) is 0 Å². The van der Waals surface area contributed by atoms with E-state index in [1.807, 2.05) is 0 Å². The van der Waals surface area contributed by atoms with E-state index >= 15 is 0 Å². The van der Waals surface area contributed by atoms with E-state index in [4.69, 9.17) is 0 Å². The first kappa shape index (κ1) is 26.6. The van der Waals surface area contributed by atoms with Gasteiger partial charge in [-0.1, -0.05) is 76.5 Å². The molecule has 0 amide bonds. The van der Waals surface area contributed by atoms with Crippen LogP contribution in [0.25, 0.3) is 0 Å². The fourth-order valence-electron chi connectivity index (χ4n) is 2.71. The van der Waals surface area contributed by atoms with Crippen molar-refractivity contribution < 1.29 is 34.4 Å². The second-order valence-electron chi connectivity index (χ2n) is 6.64. The van der Waals surface area contributed by atoms with Gasteiger partial charge in [0.05, 0.1) is 0 Å². The third-order valence-electron chi connectivity index (χ3n) is 4.42. The maximum atomic E-state index is 11.6. The SMILES string of the molecule is [CH2-]C(NC)C(=O)CCCCCCC/C=C\CCCCCCCC.[Na+]. The molecule has 1 unspecified atom stereocenters. The van der Waals surface area contributed by atoms with E-state index in [0.717, 1.165) is 6.42 Å². The molecule has 1 N–H and O–H groups in total. The minimum Gasteiger partial charge on any atom is -0.339 e. The van der Waals surface area contributed by atoms with Crippen molar-refractivity contribution in [2.24, 2.45) is 0 Å². The Morgan fingerprint density at radius 3 is 1.83 bits per heavy atom. The van der Waals surface area contributed by atoms with Crippen LogP contribution < -0.4 is 34.9 Å². The number of hydrogen-bond donors (Lipinski definition) is 1. The van der Waals surface area contributed by atoms with Gasteiger partial charge in [-0.3, -0.25) is 0 Å². The van der Waals surface area contributed by atoms with Crippen LogP contribution in [0.15, 0.2) is 12.2 Å². The van der Waals surface area contributed by atoms with Gasteiger partial charge in [-0.15, -0.1) is 0 Å². The summed E-state index contributed by atoms with van der Waals surface area (Å²) in [6, 6.07) is -0.230. The summed E-state index contributed by atoms with van der Waals surface area (Å²) in [5.74, 6) is 0.241. The fourth-order valence-corrected chi connectivity index (χ4v) is 2.71. The van der Waals surface area contributed by atoms with Crippen molar-refractivity contribution in [1.29, 1.82) is 0 Å². The molecule has 136 valence electrons. The molecule has 2 nitrogen and oxygen atoms in total. The van der Waals surface area contributed by atoms with Gasteiger partial charge >= 0.3 is 29.6 Å². The Hall–Kier alpha value is 0.370. The van der Waals surface area contributed by atoms with Crippen LogP contribution >= 0.6 is 0 Å². The third-order valence-corrected chi connectivity index (χ3v) is 4.42. The average Bonchev–Trinajstić information content (AvgIpc) is 2.57. The Balaban J connectivity index is 0. The average molecular weight is 346 g/mol. The van der Waals surface area contributed by atoms with Gasteiger partial charge in [-0.05, 0) is 39.2 Å². The third kappa shape index (κ3) is 18.7. The number of unbranched alkanes of at least 4 members (excludes halogenated alkanes) is 11. The van der Waals surface area contributed by atoms with Crippen LogP contribution in [0.3, 0.4) is 0 Å². The molecule has 0 aliphatic carbocycles. The molecule has 0 bridgehead atoms. The van der Waals surface area contributed by atoms with Gasteiger partial charge < -0.3 is 17.0 Å². The minimum absolute atomic E-state index is 0. The molecule has 0 saturated carbocycles. The first-order chi connectivity index (χ1) is 11.2. The summed E-state index contributed by atoms with van der Waals surface area (Å²) in [6.07, 6.45) is 22.2. The fraction of sp³-hybridized carbons (Fsp3) is 0.810. The van der Waals surface area contributed by atoms with E-state index < -0.39 is 0 Å². The first-order valence-electron chi connectivity index (χ1n) is 9.90. The molecule has 24 heavy (non-hydrogen) atoms. The monoisotopic (exact) mass is 345 g/mol. The Kier molecular flexibility index (Phi) is 23.7. The summed E-state index contributed by atoms with van der Waals surface area (Å²) < 4.78 is 0. The Labute approximate surface area is 173 Å². The summed E-state index contributed by atoms with van der Waals surface area (Å²) in [7, 11) is 1.79. The molecule has 0 aromatic carbocycles. The second kappa shape index (κ2) is 21.4. The number of rotatable bonds is 17. The van der Waals surface area contributed by atoms with Gasteiger partial charge in [-0.2, -0.15) is 0 Å². The molecule has 1 atom stereocenters. The quantitative estimate of drug-likeness (QED) is 0.190. The second-order valence-corrected chi connectivity index (χ2v) is 6.64. The van der Waals surface area contributed by atoms with Crippen molar-refractivity contribution >= 4 is 5.78 Å². The normalized spacial score (nSPS) is 12.3. The van der Waals surface area contributed by atoms with Crippen LogP contribution in [0.1, 0.15) is 96.8 Å². The maximum Gasteiger partial charge on any atom is 1.00 e. The van der Waals surface area contributed by atoms with E-state index in [1.54, 1.807) is 7.05 Å². The molecule has 0 aromatic rings. The van der Waals surface area contributed by atoms with Crippen molar-refractivity contribution in [3.8, 4) is 0 Å². The molecule has 0 aromatic heterocycles. The Bertz CT molecular complexity index is 292. The van der Waals surface area contributed by atoms with Gasteiger partial charge in [0.25, 0.3) is 0 Å². The van der Waals surface area contributed by atoms with E-state index in [1.165, 1.54) is 77.0 Å². The number of Topliss-reactive ketones (excluding diaryl/α,β-unsaturated/α-hetero) is 1. The van der Waals surface area contributed by atoms with Crippen molar-refractivity contribution in [2.45, 2.75) is 103 Å². The molecule has 3 heteroatoms. The van der Waals surface area contributed by atoms with E-state index in [0.29, 0.717) is 6.42 Å². The molecule has 0 saturated heterocycles. The van der Waals surface area contributed by atoms with Gasteiger partial charge in [0.1, 0.15) is 5.78 Å². The smallest absolute Gasteiger partial charge is 0.339 e. The van der Waals surface area contributed by atoms with E-state index in [2.05, 4.69) is 31.3 Å². The molecule has 0 radical (unpaired) electrons. The zero-order valence-corrected chi connectivity index (χ0v) is 18.7. The molecule has 0 rings (SSSR count). The predicted molar refractivity (Wildman–Crippen MR) is 103 cm³/mol. The maximum absolute atomic E-state index is 11.6. The number of likely N-dealkylation sites (N-methyl/N-ethyl adjacent to an activating group) is 1. The number of nitrogens with one attached hydrogen (secondary N) is 1. The first-order valence-corrected chi connectivity index (χ1v) is 9.90. The summed E-state index contributed by atoms with van der Waals surface area (Å²) in [5, 5.41) is 2.90. The predicted octanol–water partition coefficient (Wildman–Crippen LogP) is 3.02. The van der Waals surface area contributed by atoms with Gasteiger partial charge in [0, 0.05) is 6.42 Å². The summed E-state index contributed by atoms with van der Waals surface area (Å²) in [5.41, 5.74) is 0. The molecular weight excluding hydrogens is 305 g/mol.